The van der Waals surface area contributed by atoms with E-state index < -0.39 is 5.60 Å². The lowest BCUT2D eigenvalue weighted by molar-refractivity contribution is -0.151. The minimum Gasteiger partial charge on any atom is -0.369 e. The molecule has 0 aromatic carbocycles. The van der Waals surface area contributed by atoms with E-state index in [1.54, 1.807) is 7.11 Å². The SMILES string of the molecule is CCCCN(CC1CCCN1)C(=O)C(C)(C)OC. The highest BCUT2D eigenvalue weighted by molar-refractivity contribution is 5.84. The van der Waals surface area contributed by atoms with Gasteiger partial charge in [0.15, 0.2) is 0 Å². The van der Waals surface area contributed by atoms with Crippen molar-refractivity contribution in [3.63, 3.8) is 0 Å². The van der Waals surface area contributed by atoms with Gasteiger partial charge in [0.25, 0.3) is 5.91 Å². The third kappa shape index (κ3) is 4.25. The van der Waals surface area contributed by atoms with Gasteiger partial charge in [-0.3, -0.25) is 4.79 Å². The zero-order chi connectivity index (χ0) is 13.6. The summed E-state index contributed by atoms with van der Waals surface area (Å²) in [5, 5.41) is 3.45. The first-order valence-electron chi connectivity index (χ1n) is 7.09. The molecular weight excluding hydrogens is 228 g/mol. The molecule has 1 heterocycles. The molecule has 1 fully saturated rings. The van der Waals surface area contributed by atoms with Crippen LogP contribution in [0.1, 0.15) is 46.5 Å². The molecule has 0 aromatic rings. The number of ether oxygens (including phenoxy) is 1. The number of nitrogens with one attached hydrogen (secondary N) is 1. The van der Waals surface area contributed by atoms with Gasteiger partial charge in [0.1, 0.15) is 5.60 Å². The molecule has 4 nitrogen and oxygen atoms in total. The van der Waals surface area contributed by atoms with Crippen molar-refractivity contribution >= 4 is 5.91 Å². The molecule has 1 atom stereocenters. The first kappa shape index (κ1) is 15.4. The molecular formula is C14H28N2O2. The molecule has 106 valence electrons. The van der Waals surface area contributed by atoms with Crippen molar-refractivity contribution in [1.82, 2.24) is 10.2 Å². The van der Waals surface area contributed by atoms with E-state index in [9.17, 15) is 4.79 Å². The maximum Gasteiger partial charge on any atom is 0.254 e. The predicted octanol–water partition coefficient (Wildman–Crippen LogP) is 1.79. The van der Waals surface area contributed by atoms with Crippen molar-refractivity contribution in [2.24, 2.45) is 0 Å². The van der Waals surface area contributed by atoms with Crippen LogP contribution in [0.15, 0.2) is 0 Å². The van der Waals surface area contributed by atoms with Crippen molar-refractivity contribution in [2.45, 2.75) is 58.1 Å². The molecule has 1 aliphatic rings. The minimum absolute atomic E-state index is 0.104. The smallest absolute Gasteiger partial charge is 0.254 e. The molecule has 1 N–H and O–H groups in total. The Labute approximate surface area is 111 Å². The Morgan fingerprint density at radius 2 is 2.22 bits per heavy atom. The summed E-state index contributed by atoms with van der Waals surface area (Å²) in [6.07, 6.45) is 4.55. The van der Waals surface area contributed by atoms with Crippen LogP contribution >= 0.6 is 0 Å². The zero-order valence-electron chi connectivity index (χ0n) is 12.3. The van der Waals surface area contributed by atoms with Gasteiger partial charge in [-0.15, -0.1) is 0 Å². The lowest BCUT2D eigenvalue weighted by Crippen LogP contribution is -2.50. The number of rotatable bonds is 7. The summed E-state index contributed by atoms with van der Waals surface area (Å²) in [5.41, 5.74) is -0.716. The highest BCUT2D eigenvalue weighted by atomic mass is 16.5. The summed E-state index contributed by atoms with van der Waals surface area (Å²) < 4.78 is 5.31. The second-order valence-corrected chi connectivity index (χ2v) is 5.61. The quantitative estimate of drug-likeness (QED) is 0.755. The van der Waals surface area contributed by atoms with Gasteiger partial charge in [-0.25, -0.2) is 0 Å². The Morgan fingerprint density at radius 1 is 1.50 bits per heavy atom. The van der Waals surface area contributed by atoms with Crippen molar-refractivity contribution < 1.29 is 9.53 Å². The molecule has 0 aromatic heterocycles. The fourth-order valence-electron chi connectivity index (χ4n) is 2.27. The third-order valence-corrected chi connectivity index (χ3v) is 3.70. The van der Waals surface area contributed by atoms with Gasteiger partial charge >= 0.3 is 0 Å². The number of nitrogens with zero attached hydrogens (tertiary/aromatic N) is 1. The van der Waals surface area contributed by atoms with Crippen LogP contribution in [0.4, 0.5) is 0 Å². The first-order chi connectivity index (χ1) is 8.51. The van der Waals surface area contributed by atoms with E-state index >= 15 is 0 Å². The molecule has 1 amide bonds. The van der Waals surface area contributed by atoms with E-state index in [0.717, 1.165) is 32.5 Å². The Hall–Kier alpha value is -0.610. The number of amides is 1. The van der Waals surface area contributed by atoms with E-state index in [1.165, 1.54) is 12.8 Å². The van der Waals surface area contributed by atoms with Gasteiger partial charge in [0.05, 0.1) is 0 Å². The van der Waals surface area contributed by atoms with Crippen LogP contribution in [0.3, 0.4) is 0 Å². The van der Waals surface area contributed by atoms with E-state index in [2.05, 4.69) is 12.2 Å². The van der Waals surface area contributed by atoms with E-state index in [-0.39, 0.29) is 5.91 Å². The largest absolute Gasteiger partial charge is 0.369 e. The van der Waals surface area contributed by atoms with Crippen LogP contribution < -0.4 is 5.32 Å². The number of unbranched alkanes of at least 4 members (excludes halogenated alkanes) is 1. The van der Waals surface area contributed by atoms with Crippen LogP contribution in [-0.4, -0.2) is 49.2 Å². The van der Waals surface area contributed by atoms with Crippen LogP contribution in [0, 0.1) is 0 Å². The molecule has 1 aliphatic heterocycles. The Kier molecular flexibility index (Phi) is 6.09. The number of hydrogen-bond donors (Lipinski definition) is 1. The molecule has 1 rings (SSSR count). The van der Waals surface area contributed by atoms with Crippen molar-refractivity contribution in [2.75, 3.05) is 26.7 Å². The number of hydrogen-bond acceptors (Lipinski definition) is 3. The fraction of sp³-hybridized carbons (Fsp3) is 0.929. The maximum absolute atomic E-state index is 12.5. The highest BCUT2D eigenvalue weighted by Gasteiger charge is 2.33. The van der Waals surface area contributed by atoms with E-state index in [0.29, 0.717) is 6.04 Å². The normalized spacial score (nSPS) is 20.1. The Bertz CT molecular complexity index is 261. The Balaban J connectivity index is 2.61. The molecule has 0 radical (unpaired) electrons. The van der Waals surface area contributed by atoms with Crippen molar-refractivity contribution in [3.8, 4) is 0 Å². The third-order valence-electron chi connectivity index (χ3n) is 3.70. The monoisotopic (exact) mass is 256 g/mol. The summed E-state index contributed by atoms with van der Waals surface area (Å²) in [5.74, 6) is 0.104. The fourth-order valence-corrected chi connectivity index (χ4v) is 2.27. The maximum atomic E-state index is 12.5. The highest BCUT2D eigenvalue weighted by Crippen LogP contribution is 2.15. The molecule has 0 aliphatic carbocycles. The van der Waals surface area contributed by atoms with E-state index in [4.69, 9.17) is 4.74 Å². The lowest BCUT2D eigenvalue weighted by atomic mass is 10.1. The van der Waals surface area contributed by atoms with Crippen LogP contribution in [0.5, 0.6) is 0 Å². The number of carbonyl (C=O) groups is 1. The van der Waals surface area contributed by atoms with Gasteiger partial charge < -0.3 is 15.0 Å². The van der Waals surface area contributed by atoms with Crippen LogP contribution in [0.2, 0.25) is 0 Å². The summed E-state index contributed by atoms with van der Waals surface area (Å²) in [7, 11) is 1.60. The minimum atomic E-state index is -0.716. The van der Waals surface area contributed by atoms with Gasteiger partial charge in [0.2, 0.25) is 0 Å². The number of methoxy groups -OCH3 is 1. The standard InChI is InChI=1S/C14H28N2O2/c1-5-6-10-16(11-12-8-7-9-15-12)13(17)14(2,3)18-4/h12,15H,5-11H2,1-4H3. The molecule has 0 bridgehead atoms. The summed E-state index contributed by atoms with van der Waals surface area (Å²) >= 11 is 0. The molecule has 1 saturated heterocycles. The summed E-state index contributed by atoms with van der Waals surface area (Å²) in [6, 6.07) is 0.457. The molecule has 1 unspecified atom stereocenters. The molecule has 0 saturated carbocycles. The van der Waals surface area contributed by atoms with Gasteiger partial charge in [-0.05, 0) is 39.7 Å². The predicted molar refractivity (Wildman–Crippen MR) is 73.6 cm³/mol. The van der Waals surface area contributed by atoms with Crippen LogP contribution in [-0.2, 0) is 9.53 Å². The van der Waals surface area contributed by atoms with Crippen molar-refractivity contribution in [3.05, 3.63) is 0 Å². The number of carbonyl (C=O) groups excluding carboxylic acids is 1. The average Bonchev–Trinajstić information content (AvgIpc) is 2.86. The van der Waals surface area contributed by atoms with Gasteiger partial charge in [-0.2, -0.15) is 0 Å². The lowest BCUT2D eigenvalue weighted by Gasteiger charge is -2.32. The topological polar surface area (TPSA) is 41.6 Å². The second kappa shape index (κ2) is 7.10. The summed E-state index contributed by atoms with van der Waals surface area (Å²) in [6.45, 7) is 8.56. The van der Waals surface area contributed by atoms with E-state index in [1.807, 2.05) is 18.7 Å². The Morgan fingerprint density at radius 3 is 2.72 bits per heavy atom. The van der Waals surface area contributed by atoms with Gasteiger partial charge in [-0.1, -0.05) is 13.3 Å². The molecule has 18 heavy (non-hydrogen) atoms. The van der Waals surface area contributed by atoms with Gasteiger partial charge in [0, 0.05) is 26.2 Å². The van der Waals surface area contributed by atoms with Crippen molar-refractivity contribution in [1.29, 1.82) is 0 Å². The zero-order valence-corrected chi connectivity index (χ0v) is 12.3. The molecule has 0 spiro atoms. The van der Waals surface area contributed by atoms with Crippen LogP contribution in [0.25, 0.3) is 0 Å². The summed E-state index contributed by atoms with van der Waals surface area (Å²) in [4.78, 5) is 14.4. The second-order valence-electron chi connectivity index (χ2n) is 5.61. The molecule has 4 heteroatoms. The first-order valence-corrected chi connectivity index (χ1v) is 7.09. The average molecular weight is 256 g/mol.